The molecule has 1 amide bonds. The molecule has 0 saturated heterocycles. The van der Waals surface area contributed by atoms with E-state index in [0.29, 0.717) is 41.3 Å². The SMILES string of the molecule is Cc1nc2ccccc2c(=O)n1CCC(=O)NCCc1cn(C)c2ccc(Cl)cc12. The first kappa shape index (κ1) is 20.2. The number of rotatable bonds is 6. The molecule has 0 atom stereocenters. The summed E-state index contributed by atoms with van der Waals surface area (Å²) in [5.41, 5.74) is 2.81. The number of hydrogen-bond acceptors (Lipinski definition) is 3. The van der Waals surface area contributed by atoms with E-state index >= 15 is 0 Å². The van der Waals surface area contributed by atoms with Gasteiger partial charge in [0.05, 0.1) is 10.9 Å². The van der Waals surface area contributed by atoms with Crippen LogP contribution in [0.3, 0.4) is 0 Å². The van der Waals surface area contributed by atoms with Crippen LogP contribution >= 0.6 is 11.6 Å². The van der Waals surface area contributed by atoms with Gasteiger partial charge in [-0.3, -0.25) is 14.2 Å². The maximum atomic E-state index is 12.7. The van der Waals surface area contributed by atoms with Crippen molar-refractivity contribution in [2.24, 2.45) is 7.05 Å². The molecule has 2 aromatic heterocycles. The highest BCUT2D eigenvalue weighted by Gasteiger charge is 2.11. The number of amides is 1. The van der Waals surface area contributed by atoms with Crippen molar-refractivity contribution in [1.29, 1.82) is 0 Å². The molecule has 7 heteroatoms. The molecule has 0 unspecified atom stereocenters. The summed E-state index contributed by atoms with van der Waals surface area (Å²) in [6.07, 6.45) is 3.00. The third kappa shape index (κ3) is 3.96. The quantitative estimate of drug-likeness (QED) is 0.516. The first-order valence-electron chi connectivity index (χ1n) is 9.90. The molecule has 154 valence electrons. The second-order valence-electron chi connectivity index (χ2n) is 7.41. The van der Waals surface area contributed by atoms with Crippen molar-refractivity contribution < 1.29 is 4.79 Å². The fraction of sp³-hybridized carbons (Fsp3) is 0.261. The van der Waals surface area contributed by atoms with E-state index in [-0.39, 0.29) is 17.9 Å². The van der Waals surface area contributed by atoms with Gasteiger partial charge in [-0.25, -0.2) is 4.98 Å². The van der Waals surface area contributed by atoms with Crippen LogP contribution in [0.1, 0.15) is 17.8 Å². The maximum Gasteiger partial charge on any atom is 0.261 e. The summed E-state index contributed by atoms with van der Waals surface area (Å²) in [7, 11) is 2.00. The first-order valence-corrected chi connectivity index (χ1v) is 10.3. The minimum atomic E-state index is -0.112. The fourth-order valence-corrected chi connectivity index (χ4v) is 4.00. The average molecular weight is 423 g/mol. The van der Waals surface area contributed by atoms with Crippen molar-refractivity contribution in [3.63, 3.8) is 0 Å². The molecule has 1 N–H and O–H groups in total. The Morgan fingerprint density at radius 3 is 2.80 bits per heavy atom. The lowest BCUT2D eigenvalue weighted by Gasteiger charge is -2.11. The number of carbonyl (C=O) groups excluding carboxylic acids is 1. The zero-order valence-electron chi connectivity index (χ0n) is 17.0. The Bertz CT molecular complexity index is 1310. The van der Waals surface area contributed by atoms with Crippen LogP contribution in [0.25, 0.3) is 21.8 Å². The van der Waals surface area contributed by atoms with Gasteiger partial charge >= 0.3 is 0 Å². The van der Waals surface area contributed by atoms with Crippen molar-refractivity contribution in [3.05, 3.63) is 75.4 Å². The Balaban J connectivity index is 1.38. The van der Waals surface area contributed by atoms with Crippen LogP contribution in [0.15, 0.2) is 53.5 Å². The molecular formula is C23H23ClN4O2. The highest BCUT2D eigenvalue weighted by molar-refractivity contribution is 6.31. The predicted octanol–water partition coefficient (Wildman–Crippen LogP) is 3.60. The van der Waals surface area contributed by atoms with Gasteiger partial charge in [-0.15, -0.1) is 0 Å². The molecule has 0 aliphatic carbocycles. The second kappa shape index (κ2) is 8.32. The molecule has 2 heterocycles. The lowest BCUT2D eigenvalue weighted by atomic mass is 10.1. The van der Waals surface area contributed by atoms with Gasteiger partial charge in [0.1, 0.15) is 5.82 Å². The molecule has 4 aromatic rings. The zero-order chi connectivity index (χ0) is 21.3. The van der Waals surface area contributed by atoms with E-state index in [1.165, 1.54) is 0 Å². The molecule has 0 aliphatic rings. The topological polar surface area (TPSA) is 68.9 Å². The Morgan fingerprint density at radius 2 is 1.97 bits per heavy atom. The largest absolute Gasteiger partial charge is 0.356 e. The van der Waals surface area contributed by atoms with Gasteiger partial charge in [0.25, 0.3) is 5.56 Å². The summed E-state index contributed by atoms with van der Waals surface area (Å²) in [4.78, 5) is 29.5. The van der Waals surface area contributed by atoms with Crippen LogP contribution in [0.5, 0.6) is 0 Å². The van der Waals surface area contributed by atoms with Crippen molar-refractivity contribution in [3.8, 4) is 0 Å². The van der Waals surface area contributed by atoms with Gasteiger partial charge in [0, 0.05) is 48.7 Å². The Morgan fingerprint density at radius 1 is 1.17 bits per heavy atom. The summed E-state index contributed by atoms with van der Waals surface area (Å²) in [5.74, 6) is 0.520. The van der Waals surface area contributed by atoms with Crippen LogP contribution < -0.4 is 10.9 Å². The monoisotopic (exact) mass is 422 g/mol. The predicted molar refractivity (Wildman–Crippen MR) is 120 cm³/mol. The molecule has 30 heavy (non-hydrogen) atoms. The Hall–Kier alpha value is -3.12. The normalized spacial score (nSPS) is 11.3. The third-order valence-corrected chi connectivity index (χ3v) is 5.60. The van der Waals surface area contributed by atoms with Crippen LogP contribution in [-0.2, 0) is 24.8 Å². The van der Waals surface area contributed by atoms with Gasteiger partial charge in [-0.2, -0.15) is 0 Å². The molecule has 0 spiro atoms. The highest BCUT2D eigenvalue weighted by atomic mass is 35.5. The number of carbonyl (C=O) groups is 1. The number of halogens is 1. The van der Waals surface area contributed by atoms with Gasteiger partial charge in [0.2, 0.25) is 5.91 Å². The molecule has 0 fully saturated rings. The number of aryl methyl sites for hydroxylation is 2. The van der Waals surface area contributed by atoms with E-state index < -0.39 is 0 Å². The average Bonchev–Trinajstić information content (AvgIpc) is 3.02. The Labute approximate surface area is 179 Å². The molecule has 0 radical (unpaired) electrons. The van der Waals surface area contributed by atoms with Gasteiger partial charge in [-0.1, -0.05) is 23.7 Å². The molecule has 4 rings (SSSR count). The second-order valence-corrected chi connectivity index (χ2v) is 7.85. The number of para-hydroxylation sites is 1. The van der Waals surface area contributed by atoms with Crippen LogP contribution in [-0.4, -0.2) is 26.6 Å². The summed E-state index contributed by atoms with van der Waals surface area (Å²) < 4.78 is 3.62. The number of fused-ring (bicyclic) bond motifs is 2. The van der Waals surface area contributed by atoms with Crippen molar-refractivity contribution >= 4 is 39.3 Å². The van der Waals surface area contributed by atoms with E-state index in [9.17, 15) is 9.59 Å². The van der Waals surface area contributed by atoms with Gasteiger partial charge in [-0.05, 0) is 49.2 Å². The van der Waals surface area contributed by atoms with Crippen molar-refractivity contribution in [2.75, 3.05) is 6.54 Å². The number of hydrogen-bond donors (Lipinski definition) is 1. The van der Waals surface area contributed by atoms with Crippen molar-refractivity contribution in [1.82, 2.24) is 19.4 Å². The standard InChI is InChI=1S/C23H23ClN4O2/c1-15-26-20-6-4-3-5-18(20)23(30)28(15)12-10-22(29)25-11-9-16-14-27(2)21-8-7-17(24)13-19(16)21/h3-8,13-14H,9-12H2,1-2H3,(H,25,29). The molecule has 0 aliphatic heterocycles. The van der Waals surface area contributed by atoms with Crippen LogP contribution in [0.2, 0.25) is 5.02 Å². The lowest BCUT2D eigenvalue weighted by molar-refractivity contribution is -0.121. The molecule has 2 aromatic carbocycles. The molecular weight excluding hydrogens is 400 g/mol. The van der Waals surface area contributed by atoms with E-state index in [1.807, 2.05) is 43.4 Å². The summed E-state index contributed by atoms with van der Waals surface area (Å²) in [5, 5.41) is 5.32. The van der Waals surface area contributed by atoms with Crippen LogP contribution in [0.4, 0.5) is 0 Å². The number of benzene rings is 2. The van der Waals surface area contributed by atoms with E-state index in [4.69, 9.17) is 11.6 Å². The van der Waals surface area contributed by atoms with E-state index in [1.54, 1.807) is 17.6 Å². The highest BCUT2D eigenvalue weighted by Crippen LogP contribution is 2.24. The summed E-state index contributed by atoms with van der Waals surface area (Å²) in [6, 6.07) is 13.1. The summed E-state index contributed by atoms with van der Waals surface area (Å²) in [6.45, 7) is 2.61. The molecule has 6 nitrogen and oxygen atoms in total. The molecule has 0 bridgehead atoms. The third-order valence-electron chi connectivity index (χ3n) is 5.37. The minimum absolute atomic E-state index is 0.0901. The zero-order valence-corrected chi connectivity index (χ0v) is 17.7. The number of nitrogens with zero attached hydrogens (tertiary/aromatic N) is 3. The van der Waals surface area contributed by atoms with E-state index in [2.05, 4.69) is 21.1 Å². The fourth-order valence-electron chi connectivity index (χ4n) is 3.83. The molecule has 0 saturated carbocycles. The number of aromatic nitrogens is 3. The van der Waals surface area contributed by atoms with Gasteiger partial charge < -0.3 is 9.88 Å². The number of nitrogens with one attached hydrogen (secondary N) is 1. The Kier molecular flexibility index (Phi) is 5.59. The van der Waals surface area contributed by atoms with Gasteiger partial charge in [0.15, 0.2) is 0 Å². The lowest BCUT2D eigenvalue weighted by Crippen LogP contribution is -2.30. The maximum absolute atomic E-state index is 12.7. The minimum Gasteiger partial charge on any atom is -0.356 e. The van der Waals surface area contributed by atoms with E-state index in [0.717, 1.165) is 16.5 Å². The van der Waals surface area contributed by atoms with Crippen LogP contribution in [0, 0.1) is 6.92 Å². The van der Waals surface area contributed by atoms with Crippen molar-refractivity contribution in [2.45, 2.75) is 26.3 Å². The summed E-state index contributed by atoms with van der Waals surface area (Å²) >= 11 is 6.13. The first-order chi connectivity index (χ1) is 14.4. The smallest absolute Gasteiger partial charge is 0.261 e.